The minimum absolute atomic E-state index is 0.115. The number of aromatic nitrogens is 1. The van der Waals surface area contributed by atoms with Crippen LogP contribution in [0.25, 0.3) is 22.0 Å². The standard InChI is InChI=1S/C32H31F3N2O5S/c33-32(34,35)41-28-8-4-3-7-26(28)30-27(31(42-36-30)20-9-10-20)18-40-24-15-22-11-12-23(16-24)29(22)37-43(38,39)25-14-13-19-5-1-2-6-21(19)17-25/h1-8,13-14,17,20,22-24,29,37H,9-12,15-16,18H2. The second-order valence-corrected chi connectivity index (χ2v) is 13.6. The molecule has 0 radical (unpaired) electrons. The average molecular weight is 613 g/mol. The van der Waals surface area contributed by atoms with Gasteiger partial charge in [-0.3, -0.25) is 0 Å². The van der Waals surface area contributed by atoms with E-state index in [1.807, 2.05) is 30.3 Å². The van der Waals surface area contributed by atoms with Gasteiger partial charge in [-0.2, -0.15) is 0 Å². The molecule has 3 fully saturated rings. The van der Waals surface area contributed by atoms with Crippen molar-refractivity contribution in [2.45, 2.75) is 74.5 Å². The number of alkyl halides is 3. The van der Waals surface area contributed by atoms with Crippen LogP contribution in [0.3, 0.4) is 0 Å². The molecule has 0 amide bonds. The molecule has 11 heteroatoms. The maximum absolute atomic E-state index is 13.4. The van der Waals surface area contributed by atoms with Gasteiger partial charge in [0.05, 0.1) is 17.6 Å². The Bertz CT molecular complexity index is 1740. The molecule has 3 aliphatic rings. The summed E-state index contributed by atoms with van der Waals surface area (Å²) in [6, 6.07) is 18.6. The topological polar surface area (TPSA) is 90.7 Å². The number of para-hydroxylation sites is 1. The molecule has 0 aliphatic heterocycles. The number of fused-ring (bicyclic) bond motifs is 3. The van der Waals surface area contributed by atoms with Gasteiger partial charge in [0.2, 0.25) is 10.0 Å². The van der Waals surface area contributed by atoms with E-state index in [0.717, 1.165) is 36.5 Å². The summed E-state index contributed by atoms with van der Waals surface area (Å²) in [7, 11) is -3.71. The highest BCUT2D eigenvalue weighted by Crippen LogP contribution is 2.47. The van der Waals surface area contributed by atoms with Gasteiger partial charge in [-0.1, -0.05) is 47.6 Å². The molecule has 7 nitrogen and oxygen atoms in total. The highest BCUT2D eigenvalue weighted by Gasteiger charge is 2.45. The van der Waals surface area contributed by atoms with Crippen LogP contribution in [0.2, 0.25) is 0 Å². The number of benzene rings is 3. The van der Waals surface area contributed by atoms with E-state index in [1.165, 1.54) is 18.2 Å². The lowest BCUT2D eigenvalue weighted by Gasteiger charge is -2.35. The predicted octanol–water partition coefficient (Wildman–Crippen LogP) is 7.32. The lowest BCUT2D eigenvalue weighted by Crippen LogP contribution is -2.46. The molecule has 4 aromatic rings. The van der Waals surface area contributed by atoms with Gasteiger partial charge in [0.25, 0.3) is 0 Å². The van der Waals surface area contributed by atoms with Gasteiger partial charge < -0.3 is 14.0 Å². The van der Waals surface area contributed by atoms with E-state index < -0.39 is 16.4 Å². The summed E-state index contributed by atoms with van der Waals surface area (Å²) in [4.78, 5) is 0.256. The number of nitrogens with one attached hydrogen (secondary N) is 1. The number of nitrogens with zero attached hydrogens (tertiary/aromatic N) is 1. The molecular weight excluding hydrogens is 581 g/mol. The highest BCUT2D eigenvalue weighted by atomic mass is 32.2. The lowest BCUT2D eigenvalue weighted by atomic mass is 9.83. The summed E-state index contributed by atoms with van der Waals surface area (Å²) >= 11 is 0. The van der Waals surface area contributed by atoms with E-state index in [4.69, 9.17) is 9.26 Å². The third kappa shape index (κ3) is 5.90. The Morgan fingerprint density at radius 3 is 2.33 bits per heavy atom. The van der Waals surface area contributed by atoms with Gasteiger partial charge in [-0.15, -0.1) is 13.2 Å². The molecular formula is C32H31F3N2O5S. The number of sulfonamides is 1. The second-order valence-electron chi connectivity index (χ2n) is 11.9. The van der Waals surface area contributed by atoms with Crippen LogP contribution in [0, 0.1) is 11.8 Å². The molecule has 0 saturated heterocycles. The van der Waals surface area contributed by atoms with Crippen LogP contribution in [0.1, 0.15) is 55.8 Å². The van der Waals surface area contributed by atoms with Gasteiger partial charge in [0, 0.05) is 23.1 Å². The Balaban J connectivity index is 1.06. The number of hydrogen-bond acceptors (Lipinski definition) is 6. The molecule has 226 valence electrons. The molecule has 2 unspecified atom stereocenters. The van der Waals surface area contributed by atoms with Crippen molar-refractivity contribution in [1.29, 1.82) is 0 Å². The summed E-state index contributed by atoms with van der Waals surface area (Å²) in [6.07, 6.45) is 0.0824. The van der Waals surface area contributed by atoms with Gasteiger partial charge >= 0.3 is 6.36 Å². The molecule has 2 atom stereocenters. The largest absolute Gasteiger partial charge is 0.573 e. The maximum atomic E-state index is 13.4. The number of rotatable bonds is 9. The number of hydrogen-bond donors (Lipinski definition) is 1. The van der Waals surface area contributed by atoms with Crippen LogP contribution in [0.15, 0.2) is 76.1 Å². The lowest BCUT2D eigenvalue weighted by molar-refractivity contribution is -0.274. The first-order valence-corrected chi connectivity index (χ1v) is 16.1. The van der Waals surface area contributed by atoms with Crippen molar-refractivity contribution in [2.24, 2.45) is 11.8 Å². The van der Waals surface area contributed by atoms with Crippen LogP contribution >= 0.6 is 0 Å². The molecule has 3 saturated carbocycles. The molecule has 1 heterocycles. The van der Waals surface area contributed by atoms with Crippen molar-refractivity contribution in [3.63, 3.8) is 0 Å². The first-order valence-electron chi connectivity index (χ1n) is 14.6. The summed E-state index contributed by atoms with van der Waals surface area (Å²) < 4.78 is 85.4. The Morgan fingerprint density at radius 1 is 0.907 bits per heavy atom. The average Bonchev–Trinajstić information content (AvgIpc) is 3.69. The van der Waals surface area contributed by atoms with Crippen LogP contribution in [0.5, 0.6) is 5.75 Å². The summed E-state index contributed by atoms with van der Waals surface area (Å²) in [5.74, 6) is 0.738. The van der Waals surface area contributed by atoms with Crippen molar-refractivity contribution in [3.05, 3.63) is 78.1 Å². The van der Waals surface area contributed by atoms with Crippen molar-refractivity contribution in [3.8, 4) is 17.0 Å². The molecule has 1 N–H and O–H groups in total. The molecule has 3 aliphatic carbocycles. The van der Waals surface area contributed by atoms with Crippen molar-refractivity contribution >= 4 is 20.8 Å². The van der Waals surface area contributed by atoms with Gasteiger partial charge in [0.1, 0.15) is 17.2 Å². The van der Waals surface area contributed by atoms with E-state index in [-0.39, 0.29) is 52.7 Å². The summed E-state index contributed by atoms with van der Waals surface area (Å²) in [6.45, 7) is 0.141. The molecule has 43 heavy (non-hydrogen) atoms. The summed E-state index contributed by atoms with van der Waals surface area (Å²) in [5, 5.41) is 6.02. The minimum atomic E-state index is -4.84. The van der Waals surface area contributed by atoms with Crippen molar-refractivity contribution < 1.29 is 35.6 Å². The molecule has 7 rings (SSSR count). The molecule has 0 spiro atoms. The first kappa shape index (κ1) is 28.4. The number of ether oxygens (including phenoxy) is 2. The Morgan fingerprint density at radius 2 is 1.60 bits per heavy atom. The van der Waals surface area contributed by atoms with E-state index in [9.17, 15) is 21.6 Å². The zero-order valence-corrected chi connectivity index (χ0v) is 24.0. The Hall–Kier alpha value is -3.41. The molecule has 2 bridgehead atoms. The van der Waals surface area contributed by atoms with Crippen LogP contribution in [-0.4, -0.2) is 32.1 Å². The summed E-state index contributed by atoms with van der Waals surface area (Å²) in [5.41, 5.74) is 1.13. The van der Waals surface area contributed by atoms with E-state index >= 15 is 0 Å². The number of halogens is 3. The van der Waals surface area contributed by atoms with Gasteiger partial charge in [-0.25, -0.2) is 13.1 Å². The van der Waals surface area contributed by atoms with E-state index in [0.29, 0.717) is 29.9 Å². The fourth-order valence-electron chi connectivity index (χ4n) is 6.80. The van der Waals surface area contributed by atoms with Crippen LogP contribution in [0.4, 0.5) is 13.2 Å². The predicted molar refractivity (Wildman–Crippen MR) is 153 cm³/mol. The Kier molecular flexibility index (Phi) is 7.22. The molecule has 1 aromatic heterocycles. The fourth-order valence-corrected chi connectivity index (χ4v) is 8.21. The zero-order valence-electron chi connectivity index (χ0n) is 23.2. The minimum Gasteiger partial charge on any atom is -0.405 e. The SMILES string of the molecule is O=S(=O)(NC1C2CCC1CC(OCc1c(-c3ccccc3OC(F)(F)F)noc1C1CC1)C2)c1ccc2ccccc2c1. The van der Waals surface area contributed by atoms with Gasteiger partial charge in [0.15, 0.2) is 0 Å². The molecule has 3 aromatic carbocycles. The zero-order chi connectivity index (χ0) is 29.8. The van der Waals surface area contributed by atoms with Crippen LogP contribution < -0.4 is 9.46 Å². The Labute approximate surface area is 247 Å². The highest BCUT2D eigenvalue weighted by molar-refractivity contribution is 7.89. The van der Waals surface area contributed by atoms with Crippen LogP contribution in [-0.2, 0) is 21.4 Å². The van der Waals surface area contributed by atoms with E-state index in [2.05, 4.69) is 14.6 Å². The third-order valence-electron chi connectivity index (χ3n) is 8.98. The third-order valence-corrected chi connectivity index (χ3v) is 10.4. The smallest absolute Gasteiger partial charge is 0.405 e. The normalized spacial score (nSPS) is 24.0. The monoisotopic (exact) mass is 612 g/mol. The van der Waals surface area contributed by atoms with Crippen molar-refractivity contribution in [2.75, 3.05) is 0 Å². The quantitative estimate of drug-likeness (QED) is 0.213. The fraction of sp³-hybridized carbons (Fsp3) is 0.406. The maximum Gasteiger partial charge on any atom is 0.573 e. The van der Waals surface area contributed by atoms with E-state index in [1.54, 1.807) is 18.2 Å². The van der Waals surface area contributed by atoms with Crippen molar-refractivity contribution in [1.82, 2.24) is 9.88 Å². The first-order chi connectivity index (χ1) is 20.6. The second kappa shape index (κ2) is 10.9. The van der Waals surface area contributed by atoms with Gasteiger partial charge in [-0.05, 0) is 85.4 Å².